The number of nitrogens with two attached hydrogens (primary N) is 1. The highest BCUT2D eigenvalue weighted by Crippen LogP contribution is 2.45. The molecule has 10 heteroatoms. The zero-order valence-electron chi connectivity index (χ0n) is 19.7. The lowest BCUT2D eigenvalue weighted by Gasteiger charge is -2.31. The van der Waals surface area contributed by atoms with Crippen LogP contribution in [-0.4, -0.2) is 35.7 Å². The molecule has 4 aromatic rings. The molecule has 0 fully saturated rings. The normalized spacial score (nSPS) is 20.6. The lowest BCUT2D eigenvalue weighted by molar-refractivity contribution is -0.118. The van der Waals surface area contributed by atoms with Crippen molar-refractivity contribution in [1.82, 2.24) is 5.32 Å². The molecular weight excluding hydrogens is 484 g/mol. The summed E-state index contributed by atoms with van der Waals surface area (Å²) in [4.78, 5) is 41.4. The van der Waals surface area contributed by atoms with Crippen LogP contribution >= 0.6 is 0 Å². The summed E-state index contributed by atoms with van der Waals surface area (Å²) in [6.07, 6.45) is -1.06. The summed E-state index contributed by atoms with van der Waals surface area (Å²) >= 11 is 0. The maximum Gasteiger partial charge on any atom is 0.260 e. The van der Waals surface area contributed by atoms with E-state index >= 15 is 0 Å². The molecule has 0 saturated carbocycles. The average Bonchev–Trinajstić information content (AvgIpc) is 2.92. The third kappa shape index (κ3) is 2.94. The molecule has 0 radical (unpaired) electrons. The van der Waals surface area contributed by atoms with E-state index in [2.05, 4.69) is 26.3 Å². The summed E-state index contributed by atoms with van der Waals surface area (Å²) in [5.74, 6) is -1.12. The number of rotatable bonds is 4. The van der Waals surface area contributed by atoms with E-state index in [9.17, 15) is 19.5 Å². The number of nitrogens with one attached hydrogen (secondary N) is 4. The van der Waals surface area contributed by atoms with E-state index in [4.69, 9.17) is 5.73 Å². The molecule has 0 bridgehead atoms. The Morgan fingerprint density at radius 3 is 2.34 bits per heavy atom. The summed E-state index contributed by atoms with van der Waals surface area (Å²) in [7, 11) is 0. The van der Waals surface area contributed by atoms with Crippen molar-refractivity contribution >= 4 is 67.9 Å². The molecule has 0 spiro atoms. The van der Waals surface area contributed by atoms with Crippen LogP contribution in [0.2, 0.25) is 0 Å². The molecule has 2 amide bonds. The number of aliphatic hydroxyl groups excluding tert-OH is 1. The molecule has 186 valence electrons. The van der Waals surface area contributed by atoms with Crippen molar-refractivity contribution in [2.24, 2.45) is 10.7 Å². The first kappa shape index (κ1) is 21.9. The smallest absolute Gasteiger partial charge is 0.260 e. The van der Waals surface area contributed by atoms with Gasteiger partial charge in [0.2, 0.25) is 12.2 Å². The van der Waals surface area contributed by atoms with Gasteiger partial charge in [0, 0.05) is 32.9 Å². The van der Waals surface area contributed by atoms with Crippen LogP contribution in [0.3, 0.4) is 0 Å². The number of nitrogens with zero attached hydrogens (tertiary/aromatic N) is 1. The number of hydrogen-bond acceptors (Lipinski definition) is 8. The lowest BCUT2D eigenvalue weighted by Crippen LogP contribution is -2.44. The van der Waals surface area contributed by atoms with Gasteiger partial charge in [-0.3, -0.25) is 14.4 Å². The maximum atomic E-state index is 13.7. The maximum absolute atomic E-state index is 13.7. The summed E-state index contributed by atoms with van der Waals surface area (Å²) in [5.41, 5.74) is 8.32. The molecule has 2 atom stereocenters. The second kappa shape index (κ2) is 7.81. The largest absolute Gasteiger partial charge is 0.506 e. The van der Waals surface area contributed by atoms with E-state index in [0.29, 0.717) is 33.9 Å². The summed E-state index contributed by atoms with van der Waals surface area (Å²) < 4.78 is 0. The third-order valence-electron chi connectivity index (χ3n) is 7.18. The van der Waals surface area contributed by atoms with Gasteiger partial charge in [0.15, 0.2) is 12.5 Å². The van der Waals surface area contributed by atoms with Gasteiger partial charge in [0.05, 0.1) is 22.2 Å². The molecule has 2 heterocycles. The highest BCUT2D eigenvalue weighted by atomic mass is 16.3. The van der Waals surface area contributed by atoms with Gasteiger partial charge < -0.3 is 32.1 Å². The minimum absolute atomic E-state index is 0.140. The van der Waals surface area contributed by atoms with Crippen LogP contribution in [0.5, 0.6) is 0 Å². The molecular formula is C28H20N6O4. The number of aliphatic hydroxyl groups is 1. The van der Waals surface area contributed by atoms with Crippen LogP contribution in [0.25, 0.3) is 32.7 Å². The Morgan fingerprint density at radius 2 is 1.63 bits per heavy atom. The highest BCUT2D eigenvalue weighted by Gasteiger charge is 2.38. The van der Waals surface area contributed by atoms with E-state index in [1.54, 1.807) is 12.1 Å². The van der Waals surface area contributed by atoms with Crippen molar-refractivity contribution in [2.45, 2.75) is 12.5 Å². The number of allylic oxidation sites excluding steroid dienone is 2. The fourth-order valence-electron chi connectivity index (χ4n) is 5.51. The van der Waals surface area contributed by atoms with Crippen LogP contribution < -0.4 is 37.6 Å². The second-order valence-corrected chi connectivity index (χ2v) is 9.27. The summed E-state index contributed by atoms with van der Waals surface area (Å²) in [5, 5.41) is 27.6. The minimum Gasteiger partial charge on any atom is -0.506 e. The topological polar surface area (TPSA) is 158 Å². The first-order valence-corrected chi connectivity index (χ1v) is 11.9. The Kier molecular flexibility index (Phi) is 4.49. The molecule has 1 aliphatic carbocycles. The van der Waals surface area contributed by atoms with E-state index < -0.39 is 18.4 Å². The van der Waals surface area contributed by atoms with E-state index in [1.807, 2.05) is 48.5 Å². The van der Waals surface area contributed by atoms with Gasteiger partial charge in [-0.2, -0.15) is 0 Å². The predicted molar refractivity (Wildman–Crippen MR) is 143 cm³/mol. The Hall–Kier alpha value is -5.38. The van der Waals surface area contributed by atoms with E-state index in [-0.39, 0.29) is 22.7 Å². The van der Waals surface area contributed by atoms with E-state index in [0.717, 1.165) is 27.2 Å². The van der Waals surface area contributed by atoms with Crippen molar-refractivity contribution in [3.8, 4) is 0 Å². The van der Waals surface area contributed by atoms with Crippen LogP contribution in [-0.2, 0) is 14.4 Å². The number of ketones is 1. The van der Waals surface area contributed by atoms with Gasteiger partial charge >= 0.3 is 0 Å². The number of carbonyl (C=O) groups excluding carboxylic acids is 3. The fraction of sp³-hybridized carbons (Fsp3) is 0.0714. The van der Waals surface area contributed by atoms with Crippen LogP contribution in [0.4, 0.5) is 17.1 Å². The van der Waals surface area contributed by atoms with Crippen molar-refractivity contribution in [3.05, 3.63) is 82.6 Å². The van der Waals surface area contributed by atoms with Gasteiger partial charge in [-0.15, -0.1) is 0 Å². The number of primary amides is 1. The zero-order chi connectivity index (χ0) is 26.1. The number of carbonyl (C=O) groups is 3. The minimum atomic E-state index is -0.882. The average molecular weight is 505 g/mol. The molecule has 4 aromatic carbocycles. The number of Topliss-reactive ketones (excluding diaryl/α,β-unsaturated/α-hetero) is 1. The molecule has 7 N–H and O–H groups in total. The molecule has 0 saturated heterocycles. The Morgan fingerprint density at radius 1 is 0.921 bits per heavy atom. The van der Waals surface area contributed by atoms with Gasteiger partial charge in [-0.05, 0) is 22.9 Å². The Balaban J connectivity index is 1.48. The standard InChI is InChI=1S/C28H20N6O4/c29-26(38)27-31-16-5-1-3-12-7-9-14(22(33-27)18(12)16)20-24(36)21(25(20)37)15-10-8-13-4-2-6-17-19(13)23(15)34-28(32-17)30-11-35/h1-11,27-28,31-33,36H,(H2,29,38)(H,30,35)/b21-15+. The molecule has 2 aliphatic heterocycles. The molecule has 2 unspecified atom stereocenters. The predicted octanol–water partition coefficient (Wildman–Crippen LogP) is 1.42. The Labute approximate surface area is 214 Å². The highest BCUT2D eigenvalue weighted by molar-refractivity contribution is 6.52. The molecule has 3 aliphatic rings. The first-order valence-electron chi connectivity index (χ1n) is 11.9. The van der Waals surface area contributed by atoms with E-state index in [1.165, 1.54) is 0 Å². The number of benzene rings is 4. The van der Waals surface area contributed by atoms with Crippen molar-refractivity contribution < 1.29 is 19.5 Å². The molecule has 10 nitrogen and oxygen atoms in total. The second-order valence-electron chi connectivity index (χ2n) is 9.27. The molecule has 0 aromatic heterocycles. The van der Waals surface area contributed by atoms with Gasteiger partial charge in [-0.25, -0.2) is 4.99 Å². The molecule has 38 heavy (non-hydrogen) atoms. The van der Waals surface area contributed by atoms with Gasteiger partial charge in [-0.1, -0.05) is 48.5 Å². The SMILES string of the molecule is NC(=O)C1Nc2cccc3ccc(C4=C(O)/C(=c5/ccc6cccc7c6c5=NC(NC=O)N7)C4=O)c(c23)N1. The zero-order valence-corrected chi connectivity index (χ0v) is 19.7. The lowest BCUT2D eigenvalue weighted by atomic mass is 9.80. The number of anilines is 3. The van der Waals surface area contributed by atoms with Gasteiger partial charge in [0.25, 0.3) is 5.91 Å². The van der Waals surface area contributed by atoms with Crippen molar-refractivity contribution in [2.75, 3.05) is 16.0 Å². The number of hydrogen-bond donors (Lipinski definition) is 6. The van der Waals surface area contributed by atoms with Gasteiger partial charge in [0.1, 0.15) is 5.76 Å². The fourth-order valence-corrected chi connectivity index (χ4v) is 5.51. The molecule has 7 rings (SSSR count). The Bertz CT molecular complexity index is 1930. The summed E-state index contributed by atoms with van der Waals surface area (Å²) in [6.45, 7) is 0. The summed E-state index contributed by atoms with van der Waals surface area (Å²) in [6, 6.07) is 18.5. The monoisotopic (exact) mass is 504 g/mol. The third-order valence-corrected chi connectivity index (χ3v) is 7.18. The first-order chi connectivity index (χ1) is 18.5. The number of amides is 2. The van der Waals surface area contributed by atoms with Crippen molar-refractivity contribution in [1.29, 1.82) is 0 Å². The van der Waals surface area contributed by atoms with Crippen LogP contribution in [0.15, 0.2) is 71.4 Å². The van der Waals surface area contributed by atoms with Crippen LogP contribution in [0, 0.1) is 0 Å². The van der Waals surface area contributed by atoms with Crippen LogP contribution in [0.1, 0.15) is 5.56 Å². The van der Waals surface area contributed by atoms with Crippen molar-refractivity contribution in [3.63, 3.8) is 0 Å². The quantitative estimate of drug-likeness (QED) is 0.229.